The van der Waals surface area contributed by atoms with Crippen molar-refractivity contribution < 1.29 is 13.2 Å². The molecule has 7 nitrogen and oxygen atoms in total. The molecular formula is C19H16N4O3S2. The van der Waals surface area contributed by atoms with Crippen molar-refractivity contribution in [3.63, 3.8) is 0 Å². The minimum atomic E-state index is -3.77. The number of aromatic nitrogens is 2. The predicted molar refractivity (Wildman–Crippen MR) is 109 cm³/mol. The van der Waals surface area contributed by atoms with E-state index in [-0.39, 0.29) is 10.8 Å². The monoisotopic (exact) mass is 412 g/mol. The lowest BCUT2D eigenvalue weighted by molar-refractivity contribution is 0.103. The third-order valence-electron chi connectivity index (χ3n) is 4.21. The molecule has 142 valence electrons. The lowest BCUT2D eigenvalue weighted by Crippen LogP contribution is -2.13. The van der Waals surface area contributed by atoms with Gasteiger partial charge in [-0.1, -0.05) is 18.2 Å². The van der Waals surface area contributed by atoms with Crippen LogP contribution in [0.15, 0.2) is 65.6 Å². The van der Waals surface area contributed by atoms with E-state index >= 15 is 0 Å². The highest BCUT2D eigenvalue weighted by Gasteiger charge is 2.17. The highest BCUT2D eigenvalue weighted by molar-refractivity contribution is 7.89. The lowest BCUT2D eigenvalue weighted by atomic mass is 10.3. The van der Waals surface area contributed by atoms with Gasteiger partial charge in [0.15, 0.2) is 0 Å². The number of hydrogen-bond acceptors (Lipinski definition) is 5. The summed E-state index contributed by atoms with van der Waals surface area (Å²) in [6.07, 6.45) is 0. The predicted octanol–water partition coefficient (Wildman–Crippen LogP) is 3.30. The minimum absolute atomic E-state index is 0.00839. The third-order valence-corrected chi connectivity index (χ3v) is 6.25. The SMILES string of the molecule is Cc1nn(-c2ccccc2)c2sc(C(=O)Nc3ccc(S(N)(=O)=O)cc3)cc12. The smallest absolute Gasteiger partial charge is 0.265 e. The van der Waals surface area contributed by atoms with E-state index in [0.717, 1.165) is 21.6 Å². The molecule has 0 atom stereocenters. The van der Waals surface area contributed by atoms with Crippen LogP contribution in [0.2, 0.25) is 0 Å². The van der Waals surface area contributed by atoms with Crippen LogP contribution in [0.25, 0.3) is 15.9 Å². The van der Waals surface area contributed by atoms with Gasteiger partial charge in [0, 0.05) is 11.1 Å². The summed E-state index contributed by atoms with van der Waals surface area (Å²) in [5.74, 6) is -0.274. The van der Waals surface area contributed by atoms with E-state index in [9.17, 15) is 13.2 Å². The van der Waals surface area contributed by atoms with Gasteiger partial charge in [0.25, 0.3) is 5.91 Å². The molecule has 9 heteroatoms. The Labute approximate surface area is 165 Å². The number of amides is 1. The molecule has 4 rings (SSSR count). The number of nitrogens with zero attached hydrogens (tertiary/aromatic N) is 2. The molecule has 0 aliphatic carbocycles. The van der Waals surface area contributed by atoms with Crippen LogP contribution in [-0.2, 0) is 10.0 Å². The molecule has 0 spiro atoms. The Morgan fingerprint density at radius 3 is 2.43 bits per heavy atom. The molecule has 0 aliphatic heterocycles. The van der Waals surface area contributed by atoms with E-state index in [1.807, 2.05) is 48.0 Å². The van der Waals surface area contributed by atoms with Gasteiger partial charge in [-0.2, -0.15) is 5.10 Å². The summed E-state index contributed by atoms with van der Waals surface area (Å²) in [5, 5.41) is 13.3. The summed E-state index contributed by atoms with van der Waals surface area (Å²) in [5.41, 5.74) is 2.25. The third kappa shape index (κ3) is 3.42. The highest BCUT2D eigenvalue weighted by Crippen LogP contribution is 2.30. The van der Waals surface area contributed by atoms with Crippen molar-refractivity contribution in [2.24, 2.45) is 5.14 Å². The second-order valence-electron chi connectivity index (χ2n) is 6.19. The first-order valence-corrected chi connectivity index (χ1v) is 10.7. The van der Waals surface area contributed by atoms with Gasteiger partial charge >= 0.3 is 0 Å². The first-order valence-electron chi connectivity index (χ1n) is 8.32. The zero-order valence-corrected chi connectivity index (χ0v) is 16.4. The Morgan fingerprint density at radius 1 is 1.11 bits per heavy atom. The van der Waals surface area contributed by atoms with Crippen molar-refractivity contribution in [3.8, 4) is 5.69 Å². The van der Waals surface area contributed by atoms with Crippen LogP contribution < -0.4 is 10.5 Å². The molecule has 3 N–H and O–H groups in total. The Morgan fingerprint density at radius 2 is 1.79 bits per heavy atom. The van der Waals surface area contributed by atoms with Crippen molar-refractivity contribution in [3.05, 3.63) is 71.2 Å². The number of primary sulfonamides is 1. The van der Waals surface area contributed by atoms with Crippen LogP contribution in [0.3, 0.4) is 0 Å². The zero-order valence-electron chi connectivity index (χ0n) is 14.8. The zero-order chi connectivity index (χ0) is 19.9. The first-order chi connectivity index (χ1) is 13.3. The van der Waals surface area contributed by atoms with Crippen LogP contribution in [-0.4, -0.2) is 24.1 Å². The number of aryl methyl sites for hydroxylation is 1. The number of sulfonamides is 1. The van der Waals surface area contributed by atoms with Gasteiger partial charge in [-0.25, -0.2) is 18.2 Å². The Hall–Kier alpha value is -3.01. The second kappa shape index (κ2) is 6.86. The quantitative estimate of drug-likeness (QED) is 0.536. The van der Waals surface area contributed by atoms with Crippen molar-refractivity contribution >= 4 is 43.2 Å². The largest absolute Gasteiger partial charge is 0.321 e. The van der Waals surface area contributed by atoms with Crippen LogP contribution in [0.4, 0.5) is 5.69 Å². The van der Waals surface area contributed by atoms with Gasteiger partial charge in [0.2, 0.25) is 10.0 Å². The fraction of sp³-hybridized carbons (Fsp3) is 0.0526. The molecule has 0 saturated carbocycles. The van der Waals surface area contributed by atoms with Gasteiger partial charge < -0.3 is 5.32 Å². The van der Waals surface area contributed by atoms with Gasteiger partial charge in [-0.15, -0.1) is 11.3 Å². The van der Waals surface area contributed by atoms with Gasteiger partial charge in [-0.05, 0) is 49.4 Å². The number of rotatable bonds is 4. The van der Waals surface area contributed by atoms with Gasteiger partial charge in [-0.3, -0.25) is 4.79 Å². The Kier molecular flexibility index (Phi) is 4.50. The first kappa shape index (κ1) is 18.4. The topological polar surface area (TPSA) is 107 Å². The lowest BCUT2D eigenvalue weighted by Gasteiger charge is -2.05. The molecule has 2 aromatic carbocycles. The Bertz CT molecular complexity index is 1270. The number of carbonyl (C=O) groups is 1. The van der Waals surface area contributed by atoms with Crippen molar-refractivity contribution in [1.82, 2.24) is 9.78 Å². The molecule has 2 heterocycles. The molecule has 0 unspecified atom stereocenters. The summed E-state index contributed by atoms with van der Waals surface area (Å²) in [7, 11) is -3.77. The van der Waals surface area contributed by atoms with E-state index < -0.39 is 10.0 Å². The van der Waals surface area contributed by atoms with Crippen molar-refractivity contribution in [2.75, 3.05) is 5.32 Å². The van der Waals surface area contributed by atoms with Crippen LogP contribution in [0.1, 0.15) is 15.4 Å². The molecular weight excluding hydrogens is 396 g/mol. The van der Waals surface area contributed by atoms with Crippen LogP contribution in [0, 0.1) is 6.92 Å². The van der Waals surface area contributed by atoms with Gasteiger partial charge in [0.1, 0.15) is 4.83 Å². The molecule has 1 amide bonds. The summed E-state index contributed by atoms with van der Waals surface area (Å²) in [6.45, 7) is 1.90. The van der Waals surface area contributed by atoms with Crippen molar-refractivity contribution in [1.29, 1.82) is 0 Å². The maximum atomic E-state index is 12.6. The molecule has 4 aromatic rings. The summed E-state index contributed by atoms with van der Waals surface area (Å²) >= 11 is 1.35. The van der Waals surface area contributed by atoms with E-state index in [1.54, 1.807) is 0 Å². The number of carbonyl (C=O) groups excluding carboxylic acids is 1. The van der Waals surface area contributed by atoms with E-state index in [4.69, 9.17) is 5.14 Å². The maximum Gasteiger partial charge on any atom is 0.265 e. The van der Waals surface area contributed by atoms with Crippen LogP contribution in [0.5, 0.6) is 0 Å². The number of hydrogen-bond donors (Lipinski definition) is 2. The normalized spacial score (nSPS) is 11.6. The van der Waals surface area contributed by atoms with E-state index in [2.05, 4.69) is 10.4 Å². The number of nitrogens with two attached hydrogens (primary N) is 1. The molecule has 0 radical (unpaired) electrons. The fourth-order valence-corrected chi connectivity index (χ4v) is 4.42. The standard InChI is InChI=1S/C19H16N4O3S2/c1-12-16-11-17(27-19(16)23(22-12)14-5-3-2-4-6-14)18(24)21-13-7-9-15(10-8-13)28(20,25)26/h2-11H,1H3,(H,21,24)(H2,20,25,26). The average Bonchev–Trinajstić information content (AvgIpc) is 3.23. The molecule has 28 heavy (non-hydrogen) atoms. The van der Waals surface area contributed by atoms with E-state index in [1.165, 1.54) is 35.6 Å². The second-order valence-corrected chi connectivity index (χ2v) is 8.78. The highest BCUT2D eigenvalue weighted by atomic mass is 32.2. The molecule has 0 aliphatic rings. The summed E-state index contributed by atoms with van der Waals surface area (Å²) in [4.78, 5) is 14.1. The molecule has 0 saturated heterocycles. The summed E-state index contributed by atoms with van der Waals surface area (Å²) in [6, 6.07) is 17.2. The van der Waals surface area contributed by atoms with Crippen LogP contribution >= 0.6 is 11.3 Å². The number of thiophene rings is 1. The number of anilines is 1. The number of fused-ring (bicyclic) bond motifs is 1. The molecule has 0 bridgehead atoms. The average molecular weight is 412 g/mol. The number of para-hydroxylation sites is 1. The fourth-order valence-electron chi connectivity index (χ4n) is 2.82. The molecule has 0 fully saturated rings. The summed E-state index contributed by atoms with van der Waals surface area (Å²) < 4.78 is 24.5. The minimum Gasteiger partial charge on any atom is -0.321 e. The Balaban J connectivity index is 1.63. The van der Waals surface area contributed by atoms with Gasteiger partial charge in [0.05, 0.1) is 21.2 Å². The maximum absolute atomic E-state index is 12.6. The number of nitrogens with one attached hydrogen (secondary N) is 1. The van der Waals surface area contributed by atoms with E-state index in [0.29, 0.717) is 10.6 Å². The molecule has 2 aromatic heterocycles. The van der Waals surface area contributed by atoms with Crippen molar-refractivity contribution in [2.45, 2.75) is 11.8 Å². The number of benzene rings is 2.